The minimum absolute atomic E-state index is 0.0253. The van der Waals surface area contributed by atoms with Crippen molar-refractivity contribution in [3.8, 4) is 0 Å². The molecule has 0 amide bonds. The quantitative estimate of drug-likeness (QED) is 0.880. The van der Waals surface area contributed by atoms with E-state index in [0.29, 0.717) is 12.6 Å². The summed E-state index contributed by atoms with van der Waals surface area (Å²) in [5.41, 5.74) is 1.42. The van der Waals surface area contributed by atoms with E-state index in [0.717, 1.165) is 24.4 Å². The van der Waals surface area contributed by atoms with E-state index in [2.05, 4.69) is 15.0 Å². The van der Waals surface area contributed by atoms with Crippen molar-refractivity contribution in [3.63, 3.8) is 0 Å². The number of esters is 1. The van der Waals surface area contributed by atoms with E-state index in [4.69, 9.17) is 0 Å². The number of halogens is 2. The molecule has 21 heavy (non-hydrogen) atoms. The second-order valence-electron chi connectivity index (χ2n) is 4.46. The Kier molecular flexibility index (Phi) is 4.47. The van der Waals surface area contributed by atoms with Crippen molar-refractivity contribution in [2.45, 2.75) is 13.5 Å². The first-order valence-corrected chi connectivity index (χ1v) is 6.24. The zero-order chi connectivity index (χ0) is 15.4. The molecule has 4 nitrogen and oxygen atoms in total. The number of hydrogen-bond acceptors (Lipinski definition) is 4. The smallest absolute Gasteiger partial charge is 0.340 e. The molecule has 0 spiro atoms. The number of ether oxygens (including phenoxy) is 1. The molecule has 0 saturated heterocycles. The molecule has 2 rings (SSSR count). The van der Waals surface area contributed by atoms with Gasteiger partial charge in [0, 0.05) is 24.5 Å². The Morgan fingerprint density at radius 2 is 2.05 bits per heavy atom. The molecule has 0 aliphatic carbocycles. The molecule has 1 aromatic heterocycles. The summed E-state index contributed by atoms with van der Waals surface area (Å²) in [6, 6.07) is 5.43. The highest BCUT2D eigenvalue weighted by Gasteiger charge is 2.16. The van der Waals surface area contributed by atoms with Crippen molar-refractivity contribution in [1.29, 1.82) is 0 Å². The van der Waals surface area contributed by atoms with Crippen LogP contribution in [0.3, 0.4) is 0 Å². The van der Waals surface area contributed by atoms with Crippen LogP contribution in [-0.4, -0.2) is 18.1 Å². The topological polar surface area (TPSA) is 51.2 Å². The fraction of sp³-hybridized carbons (Fsp3) is 0.200. The van der Waals surface area contributed by atoms with Crippen LogP contribution < -0.4 is 5.32 Å². The highest BCUT2D eigenvalue weighted by molar-refractivity contribution is 5.90. The minimum Gasteiger partial charge on any atom is -0.465 e. The Labute approximate surface area is 120 Å². The zero-order valence-corrected chi connectivity index (χ0v) is 11.6. The van der Waals surface area contributed by atoms with Gasteiger partial charge in [-0.2, -0.15) is 0 Å². The normalized spacial score (nSPS) is 10.3. The highest BCUT2D eigenvalue weighted by Crippen LogP contribution is 2.21. The SMILES string of the molecule is COC(=O)c1cc(NCc2ccc(C)nc2)c(F)cc1F. The molecule has 6 heteroatoms. The van der Waals surface area contributed by atoms with Crippen LogP contribution in [0.25, 0.3) is 0 Å². The summed E-state index contributed by atoms with van der Waals surface area (Å²) in [5.74, 6) is -2.59. The zero-order valence-electron chi connectivity index (χ0n) is 11.6. The molecule has 0 unspecified atom stereocenters. The molecular formula is C15H14F2N2O2. The van der Waals surface area contributed by atoms with Crippen LogP contribution in [-0.2, 0) is 11.3 Å². The maximum absolute atomic E-state index is 13.7. The Morgan fingerprint density at radius 1 is 1.29 bits per heavy atom. The molecule has 0 fully saturated rings. The third-order valence-corrected chi connectivity index (χ3v) is 2.92. The van der Waals surface area contributed by atoms with Gasteiger partial charge in [0.2, 0.25) is 0 Å². The Morgan fingerprint density at radius 3 is 2.67 bits per heavy atom. The van der Waals surface area contributed by atoms with Crippen molar-refractivity contribution in [1.82, 2.24) is 4.98 Å². The summed E-state index contributed by atoms with van der Waals surface area (Å²) >= 11 is 0. The van der Waals surface area contributed by atoms with Crippen LogP contribution >= 0.6 is 0 Å². The lowest BCUT2D eigenvalue weighted by Crippen LogP contribution is -2.08. The van der Waals surface area contributed by atoms with E-state index in [1.165, 1.54) is 0 Å². The molecule has 110 valence electrons. The highest BCUT2D eigenvalue weighted by atomic mass is 19.1. The van der Waals surface area contributed by atoms with Gasteiger partial charge in [0.1, 0.15) is 11.6 Å². The van der Waals surface area contributed by atoms with Gasteiger partial charge in [0.15, 0.2) is 0 Å². The van der Waals surface area contributed by atoms with Crippen LogP contribution in [0.1, 0.15) is 21.6 Å². The second kappa shape index (κ2) is 6.30. The number of pyridine rings is 1. The van der Waals surface area contributed by atoms with E-state index >= 15 is 0 Å². The molecular weight excluding hydrogens is 278 g/mol. The fourth-order valence-corrected chi connectivity index (χ4v) is 1.75. The first-order chi connectivity index (χ1) is 10.0. The lowest BCUT2D eigenvalue weighted by atomic mass is 10.1. The molecule has 1 N–H and O–H groups in total. The number of benzene rings is 1. The largest absolute Gasteiger partial charge is 0.465 e. The summed E-state index contributed by atoms with van der Waals surface area (Å²) in [6.45, 7) is 2.16. The number of aromatic nitrogens is 1. The Hall–Kier alpha value is -2.50. The van der Waals surface area contributed by atoms with Crippen LogP contribution in [0.4, 0.5) is 14.5 Å². The number of carbonyl (C=O) groups is 1. The minimum atomic E-state index is -0.957. The summed E-state index contributed by atoms with van der Waals surface area (Å²) in [4.78, 5) is 15.5. The van der Waals surface area contributed by atoms with Gasteiger partial charge in [0.25, 0.3) is 0 Å². The van der Waals surface area contributed by atoms with Crippen LogP contribution in [0.2, 0.25) is 0 Å². The summed E-state index contributed by atoms with van der Waals surface area (Å²) < 4.78 is 31.6. The Bertz CT molecular complexity index is 657. The Balaban J connectivity index is 2.19. The molecule has 0 bridgehead atoms. The number of hydrogen-bond donors (Lipinski definition) is 1. The van der Waals surface area contributed by atoms with Crippen molar-refractivity contribution in [3.05, 3.63) is 58.9 Å². The maximum atomic E-state index is 13.7. The van der Waals surface area contributed by atoms with E-state index in [9.17, 15) is 13.6 Å². The monoisotopic (exact) mass is 292 g/mol. The number of nitrogens with zero attached hydrogens (tertiary/aromatic N) is 1. The van der Waals surface area contributed by atoms with Gasteiger partial charge in [0.05, 0.1) is 18.4 Å². The van der Waals surface area contributed by atoms with Crippen molar-refractivity contribution in [2.24, 2.45) is 0 Å². The molecule has 2 aromatic rings. The first kappa shape index (κ1) is 14.9. The van der Waals surface area contributed by atoms with Gasteiger partial charge in [-0.1, -0.05) is 6.07 Å². The van der Waals surface area contributed by atoms with E-state index in [1.54, 1.807) is 6.20 Å². The van der Waals surface area contributed by atoms with Crippen molar-refractivity contribution >= 4 is 11.7 Å². The number of carbonyl (C=O) groups excluding carboxylic acids is 1. The second-order valence-corrected chi connectivity index (χ2v) is 4.46. The molecule has 0 radical (unpaired) electrons. The molecule has 0 aliphatic rings. The van der Waals surface area contributed by atoms with Crippen molar-refractivity contribution < 1.29 is 18.3 Å². The standard InChI is InChI=1S/C15H14F2N2O2/c1-9-3-4-10(7-18-9)8-19-14-5-11(15(20)21-2)12(16)6-13(14)17/h3-7,19H,8H2,1-2H3. The molecule has 0 saturated carbocycles. The molecule has 1 heterocycles. The number of methoxy groups -OCH3 is 1. The predicted octanol–water partition coefficient (Wildman–Crippen LogP) is 3.07. The number of anilines is 1. The number of rotatable bonds is 4. The van der Waals surface area contributed by atoms with Gasteiger partial charge in [-0.15, -0.1) is 0 Å². The van der Waals surface area contributed by atoms with Gasteiger partial charge < -0.3 is 10.1 Å². The lowest BCUT2D eigenvalue weighted by molar-refractivity contribution is 0.0595. The average molecular weight is 292 g/mol. The first-order valence-electron chi connectivity index (χ1n) is 6.24. The molecule has 1 aromatic carbocycles. The number of aryl methyl sites for hydroxylation is 1. The van der Waals surface area contributed by atoms with E-state index in [1.807, 2.05) is 19.1 Å². The van der Waals surface area contributed by atoms with Gasteiger partial charge >= 0.3 is 5.97 Å². The van der Waals surface area contributed by atoms with Gasteiger partial charge in [-0.3, -0.25) is 4.98 Å². The van der Waals surface area contributed by atoms with Crippen molar-refractivity contribution in [2.75, 3.05) is 12.4 Å². The molecule has 0 atom stereocenters. The van der Waals surface area contributed by atoms with Gasteiger partial charge in [-0.25, -0.2) is 13.6 Å². The summed E-state index contributed by atoms with van der Waals surface area (Å²) in [7, 11) is 1.14. The van der Waals surface area contributed by atoms with Gasteiger partial charge in [-0.05, 0) is 24.6 Å². The summed E-state index contributed by atoms with van der Waals surface area (Å²) in [6.07, 6.45) is 1.66. The average Bonchev–Trinajstić information content (AvgIpc) is 2.47. The maximum Gasteiger partial charge on any atom is 0.340 e. The van der Waals surface area contributed by atoms with E-state index < -0.39 is 17.6 Å². The van der Waals surface area contributed by atoms with Crippen LogP contribution in [0, 0.1) is 18.6 Å². The third kappa shape index (κ3) is 3.53. The lowest BCUT2D eigenvalue weighted by Gasteiger charge is -2.10. The van der Waals surface area contributed by atoms with E-state index in [-0.39, 0.29) is 11.3 Å². The van der Waals surface area contributed by atoms with Crippen LogP contribution in [0.5, 0.6) is 0 Å². The fourth-order valence-electron chi connectivity index (χ4n) is 1.75. The number of nitrogens with one attached hydrogen (secondary N) is 1. The predicted molar refractivity (Wildman–Crippen MR) is 74.0 cm³/mol. The van der Waals surface area contributed by atoms with Crippen LogP contribution in [0.15, 0.2) is 30.5 Å². The summed E-state index contributed by atoms with van der Waals surface area (Å²) in [5, 5.41) is 2.81. The third-order valence-electron chi connectivity index (χ3n) is 2.92. The molecule has 0 aliphatic heterocycles.